The van der Waals surface area contributed by atoms with Crippen LogP contribution in [0.2, 0.25) is 0 Å². The normalized spacial score (nSPS) is 9.44. The number of carbonyl (C=O) groups excluding carboxylic acids is 1. The van der Waals surface area contributed by atoms with E-state index < -0.39 is 5.97 Å². The summed E-state index contributed by atoms with van der Waals surface area (Å²) in [7, 11) is 1.91. The summed E-state index contributed by atoms with van der Waals surface area (Å²) in [6, 6.07) is 7.75. The smallest absolute Gasteiger partial charge is 0.187 e. The summed E-state index contributed by atoms with van der Waals surface area (Å²) in [6.07, 6.45) is 1.77. The molecule has 18 heavy (non-hydrogen) atoms. The van der Waals surface area contributed by atoms with Crippen LogP contribution in [0.25, 0.3) is 10.8 Å². The molecule has 1 radical (unpaired) electrons. The SMILES string of the molecule is Cc1nccc2cc(N[CH-]C(=O)OP)ccc12.[Y]. The number of aryl methyl sites for hydroxylation is 1. The van der Waals surface area contributed by atoms with Gasteiger partial charge in [0.15, 0.2) is 5.97 Å². The molecule has 0 bridgehead atoms. The van der Waals surface area contributed by atoms with Gasteiger partial charge in [0.1, 0.15) is 0 Å². The first-order valence-electron chi connectivity index (χ1n) is 5.06. The van der Waals surface area contributed by atoms with E-state index in [0.29, 0.717) is 0 Å². The van der Waals surface area contributed by atoms with E-state index in [0.717, 1.165) is 22.2 Å². The van der Waals surface area contributed by atoms with Crippen LogP contribution in [0.4, 0.5) is 5.69 Å². The van der Waals surface area contributed by atoms with Crippen molar-refractivity contribution in [3.05, 3.63) is 42.7 Å². The number of hydrogen-bond acceptors (Lipinski definition) is 4. The maximum atomic E-state index is 10.9. The molecule has 91 valence electrons. The summed E-state index contributed by atoms with van der Waals surface area (Å²) in [4.78, 5) is 15.2. The van der Waals surface area contributed by atoms with Crippen LogP contribution in [-0.2, 0) is 42.0 Å². The van der Waals surface area contributed by atoms with Crippen LogP contribution in [0.1, 0.15) is 5.69 Å². The Balaban J connectivity index is 0.00000162. The van der Waals surface area contributed by atoms with E-state index in [-0.39, 0.29) is 32.7 Å². The molecule has 0 amide bonds. The van der Waals surface area contributed by atoms with Crippen LogP contribution in [0, 0.1) is 13.5 Å². The number of nitrogens with one attached hydrogen (secondary N) is 1. The summed E-state index contributed by atoms with van der Waals surface area (Å²) in [6.45, 7) is 3.23. The van der Waals surface area contributed by atoms with Gasteiger partial charge in [-0.1, -0.05) is 6.07 Å². The Kier molecular flexibility index (Phi) is 6.00. The zero-order valence-corrected chi connectivity index (χ0v) is 13.9. The van der Waals surface area contributed by atoms with Crippen LogP contribution in [0.15, 0.2) is 30.5 Å². The van der Waals surface area contributed by atoms with Gasteiger partial charge in [0, 0.05) is 55.7 Å². The van der Waals surface area contributed by atoms with Crippen molar-refractivity contribution in [1.82, 2.24) is 4.98 Å². The van der Waals surface area contributed by atoms with Crippen molar-refractivity contribution in [2.75, 3.05) is 5.32 Å². The molecule has 1 heterocycles. The summed E-state index contributed by atoms with van der Waals surface area (Å²) in [5.41, 5.74) is 1.82. The zero-order valence-electron chi connectivity index (χ0n) is 9.88. The fraction of sp³-hybridized carbons (Fsp3) is 0.0833. The fourth-order valence-electron chi connectivity index (χ4n) is 1.60. The average molecular weight is 336 g/mol. The van der Waals surface area contributed by atoms with Crippen LogP contribution in [-0.4, -0.2) is 11.0 Å². The molecule has 1 aromatic carbocycles. The number of hydrogen-bond donors (Lipinski definition) is 1. The molecule has 2 aromatic rings. The summed E-state index contributed by atoms with van der Waals surface area (Å²) < 4.78 is 4.43. The van der Waals surface area contributed by atoms with E-state index in [4.69, 9.17) is 0 Å². The quantitative estimate of drug-likeness (QED) is 0.691. The maximum Gasteiger partial charge on any atom is 0.187 e. The van der Waals surface area contributed by atoms with Crippen LogP contribution < -0.4 is 5.32 Å². The van der Waals surface area contributed by atoms with Gasteiger partial charge in [-0.05, 0) is 30.5 Å². The molecule has 4 nitrogen and oxygen atoms in total. The molecule has 0 aliphatic heterocycles. The molecule has 0 fully saturated rings. The number of rotatable bonds is 3. The third-order valence-electron chi connectivity index (χ3n) is 2.44. The Bertz CT molecular complexity index is 563. The molecular formula is C12H12N2O2PY-. The van der Waals surface area contributed by atoms with Crippen molar-refractivity contribution in [2.24, 2.45) is 0 Å². The number of carbonyl (C=O) groups is 1. The Morgan fingerprint density at radius 2 is 2.22 bits per heavy atom. The number of fused-ring (bicyclic) bond motifs is 1. The number of anilines is 1. The molecule has 0 saturated heterocycles. The Hall–Kier alpha value is -0.696. The van der Waals surface area contributed by atoms with Gasteiger partial charge in [0.05, 0.1) is 9.47 Å². The van der Waals surface area contributed by atoms with Crippen molar-refractivity contribution >= 4 is 31.9 Å². The Labute approximate surface area is 133 Å². The molecule has 0 spiro atoms. The number of benzene rings is 1. The van der Waals surface area contributed by atoms with Gasteiger partial charge >= 0.3 is 0 Å². The Morgan fingerprint density at radius 1 is 1.44 bits per heavy atom. The summed E-state index contributed by atoms with van der Waals surface area (Å²) in [5, 5.41) is 5.06. The van der Waals surface area contributed by atoms with Crippen LogP contribution >= 0.6 is 9.47 Å². The van der Waals surface area contributed by atoms with E-state index in [1.165, 1.54) is 6.54 Å². The van der Waals surface area contributed by atoms with Gasteiger partial charge in [-0.2, -0.15) is 0 Å². The maximum absolute atomic E-state index is 10.9. The molecule has 1 unspecified atom stereocenters. The third kappa shape index (κ3) is 3.65. The molecule has 1 atom stereocenters. The number of aromatic nitrogens is 1. The van der Waals surface area contributed by atoms with E-state index in [2.05, 4.69) is 14.8 Å². The third-order valence-corrected chi connectivity index (χ3v) is 2.67. The van der Waals surface area contributed by atoms with Crippen molar-refractivity contribution in [2.45, 2.75) is 6.92 Å². The van der Waals surface area contributed by atoms with Crippen molar-refractivity contribution in [1.29, 1.82) is 0 Å². The minimum Gasteiger partial charge on any atom is -0.510 e. The summed E-state index contributed by atoms with van der Waals surface area (Å²) >= 11 is 0. The minimum atomic E-state index is -0.444. The van der Waals surface area contributed by atoms with Gasteiger partial charge in [0.2, 0.25) is 0 Å². The average Bonchev–Trinajstić information content (AvgIpc) is 2.36. The molecular weight excluding hydrogens is 324 g/mol. The first kappa shape index (κ1) is 15.4. The molecule has 2 rings (SSSR count). The van der Waals surface area contributed by atoms with Crippen LogP contribution in [0.3, 0.4) is 0 Å². The molecule has 0 aliphatic carbocycles. The molecule has 0 saturated carbocycles. The fourth-order valence-corrected chi connectivity index (χ4v) is 1.66. The van der Waals surface area contributed by atoms with Crippen molar-refractivity contribution in [3.63, 3.8) is 0 Å². The van der Waals surface area contributed by atoms with E-state index in [9.17, 15) is 4.79 Å². The first-order valence-corrected chi connectivity index (χ1v) is 5.53. The van der Waals surface area contributed by atoms with Gasteiger partial charge in [-0.25, -0.2) is 6.54 Å². The standard InChI is InChI=1S/C12H12N2O2P.Y/c1-8-11-3-2-10(14-7-12(15)16-17)6-9(11)4-5-13-8;/h2-7,14H,17H2,1H3;/q-1;. The predicted molar refractivity (Wildman–Crippen MR) is 70.2 cm³/mol. The number of nitrogens with zero attached hydrogens (tertiary/aromatic N) is 1. The van der Waals surface area contributed by atoms with Crippen LogP contribution in [0.5, 0.6) is 0 Å². The second kappa shape index (κ2) is 7.03. The Morgan fingerprint density at radius 3 is 2.94 bits per heavy atom. The van der Waals surface area contributed by atoms with E-state index in [1.54, 1.807) is 6.20 Å². The number of pyridine rings is 1. The second-order valence-corrected chi connectivity index (χ2v) is 3.79. The predicted octanol–water partition coefficient (Wildman–Crippen LogP) is 2.45. The van der Waals surface area contributed by atoms with Crippen molar-refractivity contribution < 1.29 is 42.0 Å². The monoisotopic (exact) mass is 336 g/mol. The van der Waals surface area contributed by atoms with Gasteiger partial charge in [-0.15, -0.1) is 0 Å². The van der Waals surface area contributed by atoms with Gasteiger partial charge in [-0.3, -0.25) is 9.78 Å². The topological polar surface area (TPSA) is 51.2 Å². The zero-order chi connectivity index (χ0) is 12.3. The van der Waals surface area contributed by atoms with Gasteiger partial charge in [0.25, 0.3) is 0 Å². The van der Waals surface area contributed by atoms with Gasteiger partial charge < -0.3 is 9.84 Å². The van der Waals surface area contributed by atoms with Crippen molar-refractivity contribution in [3.8, 4) is 0 Å². The molecule has 6 heteroatoms. The van der Waals surface area contributed by atoms with E-state index >= 15 is 0 Å². The summed E-state index contributed by atoms with van der Waals surface area (Å²) in [5.74, 6) is -0.444. The molecule has 1 aromatic heterocycles. The molecule has 0 aliphatic rings. The minimum absolute atomic E-state index is 0. The molecule has 1 N–H and O–H groups in total. The largest absolute Gasteiger partial charge is 0.510 e. The second-order valence-electron chi connectivity index (χ2n) is 3.56. The first-order chi connectivity index (χ1) is 8.20. The van der Waals surface area contributed by atoms with E-state index in [1.807, 2.05) is 40.7 Å².